The first kappa shape index (κ1) is 14.9. The summed E-state index contributed by atoms with van der Waals surface area (Å²) in [5.41, 5.74) is 1.97. The smallest absolute Gasteiger partial charge is 0.308 e. The third-order valence-corrected chi connectivity index (χ3v) is 3.20. The molecule has 0 saturated heterocycles. The molecule has 0 heterocycles. The van der Waals surface area contributed by atoms with Crippen LogP contribution in [0.5, 0.6) is 11.5 Å². The van der Waals surface area contributed by atoms with E-state index >= 15 is 0 Å². The van der Waals surface area contributed by atoms with Gasteiger partial charge in [0.1, 0.15) is 11.5 Å². The van der Waals surface area contributed by atoms with Gasteiger partial charge in [-0.3, -0.25) is 4.79 Å². The Morgan fingerprint density at radius 1 is 1.19 bits per heavy atom. The molecule has 2 rings (SSSR count). The minimum absolute atomic E-state index is 0.0496. The normalized spacial score (nSPS) is 11.5. The molecule has 0 bridgehead atoms. The highest BCUT2D eigenvalue weighted by Crippen LogP contribution is 2.35. The fraction of sp³-hybridized carbons (Fsp3) is 0.167. The van der Waals surface area contributed by atoms with Gasteiger partial charge in [0, 0.05) is 24.5 Å². The van der Waals surface area contributed by atoms with Crippen LogP contribution in [0.3, 0.4) is 0 Å². The van der Waals surface area contributed by atoms with Crippen LogP contribution >= 0.6 is 0 Å². The maximum Gasteiger partial charge on any atom is 0.308 e. The highest BCUT2D eigenvalue weighted by Gasteiger charge is 2.17. The number of rotatable bonds is 5. The molecule has 0 spiro atoms. The monoisotopic (exact) mass is 282 g/mol. The zero-order chi connectivity index (χ0) is 15.2. The molecule has 0 radical (unpaired) electrons. The van der Waals surface area contributed by atoms with E-state index in [1.54, 1.807) is 13.2 Å². The number of benzene rings is 2. The molecular weight excluding hydrogens is 264 g/mol. The molecule has 0 aromatic heterocycles. The lowest BCUT2D eigenvalue weighted by molar-refractivity contribution is -0.131. The molecule has 0 aliphatic rings. The van der Waals surface area contributed by atoms with Crippen LogP contribution in [0.1, 0.15) is 24.0 Å². The number of methoxy groups -OCH3 is 1. The Morgan fingerprint density at radius 3 is 2.48 bits per heavy atom. The van der Waals surface area contributed by atoms with Crippen molar-refractivity contribution in [3.63, 3.8) is 0 Å². The van der Waals surface area contributed by atoms with Crippen molar-refractivity contribution in [3.05, 3.63) is 72.3 Å². The number of carbonyl (C=O) groups is 1. The van der Waals surface area contributed by atoms with Gasteiger partial charge in [0.25, 0.3) is 0 Å². The summed E-state index contributed by atoms with van der Waals surface area (Å²) in [6, 6.07) is 15.4. The van der Waals surface area contributed by atoms with Crippen molar-refractivity contribution in [1.29, 1.82) is 0 Å². The number of allylic oxidation sites excluding steroid dienone is 1. The van der Waals surface area contributed by atoms with Crippen LogP contribution in [0.15, 0.2) is 61.2 Å². The second kappa shape index (κ2) is 6.75. The van der Waals surface area contributed by atoms with Crippen LogP contribution in [-0.4, -0.2) is 13.1 Å². The van der Waals surface area contributed by atoms with Crippen molar-refractivity contribution in [2.24, 2.45) is 0 Å². The summed E-state index contributed by atoms with van der Waals surface area (Å²) in [5, 5.41) is 0. The Labute approximate surface area is 124 Å². The van der Waals surface area contributed by atoms with Gasteiger partial charge in [0.15, 0.2) is 0 Å². The summed E-state index contributed by atoms with van der Waals surface area (Å²) in [6.45, 7) is 5.29. The summed E-state index contributed by atoms with van der Waals surface area (Å²) in [5.74, 6) is 0.730. The molecule has 0 fully saturated rings. The summed E-state index contributed by atoms with van der Waals surface area (Å²) < 4.78 is 10.5. The zero-order valence-corrected chi connectivity index (χ0v) is 12.2. The van der Waals surface area contributed by atoms with Crippen LogP contribution in [0.2, 0.25) is 0 Å². The molecule has 0 amide bonds. The van der Waals surface area contributed by atoms with Crippen molar-refractivity contribution in [2.45, 2.75) is 12.8 Å². The largest absolute Gasteiger partial charge is 0.497 e. The Bertz CT molecular complexity index is 632. The molecule has 2 aromatic rings. The van der Waals surface area contributed by atoms with Crippen molar-refractivity contribution >= 4 is 5.97 Å². The summed E-state index contributed by atoms with van der Waals surface area (Å²) in [7, 11) is 1.58. The maximum atomic E-state index is 11.3. The van der Waals surface area contributed by atoms with Crippen LogP contribution in [0.4, 0.5) is 0 Å². The molecule has 2 aromatic carbocycles. The highest BCUT2D eigenvalue weighted by atomic mass is 16.5. The van der Waals surface area contributed by atoms with E-state index in [1.807, 2.05) is 48.5 Å². The SMILES string of the molecule is C=CC(c1ccccc1)c1ccc(OC)cc1OC(C)=O. The molecule has 21 heavy (non-hydrogen) atoms. The van der Waals surface area contributed by atoms with E-state index < -0.39 is 0 Å². The second-order valence-corrected chi connectivity index (χ2v) is 4.62. The Kier molecular flexibility index (Phi) is 4.77. The van der Waals surface area contributed by atoms with Gasteiger partial charge in [-0.15, -0.1) is 6.58 Å². The number of ether oxygens (including phenoxy) is 2. The fourth-order valence-electron chi connectivity index (χ4n) is 2.24. The molecule has 0 saturated carbocycles. The average Bonchev–Trinajstić information content (AvgIpc) is 2.50. The first-order valence-electron chi connectivity index (χ1n) is 6.69. The van der Waals surface area contributed by atoms with Gasteiger partial charge in [0.2, 0.25) is 0 Å². The number of hydrogen-bond acceptors (Lipinski definition) is 3. The minimum Gasteiger partial charge on any atom is -0.497 e. The van der Waals surface area contributed by atoms with Crippen molar-refractivity contribution < 1.29 is 14.3 Å². The standard InChI is InChI=1S/C18H18O3/c1-4-16(14-8-6-5-7-9-14)17-11-10-15(20-3)12-18(17)21-13(2)19/h4-12,16H,1H2,2-3H3. The van der Waals surface area contributed by atoms with Gasteiger partial charge >= 0.3 is 5.97 Å². The topological polar surface area (TPSA) is 35.5 Å². The van der Waals surface area contributed by atoms with Crippen LogP contribution < -0.4 is 9.47 Å². The van der Waals surface area contributed by atoms with Crippen molar-refractivity contribution in [1.82, 2.24) is 0 Å². The summed E-state index contributed by atoms with van der Waals surface area (Å²) in [6.07, 6.45) is 1.84. The highest BCUT2D eigenvalue weighted by molar-refractivity contribution is 5.70. The molecule has 1 unspecified atom stereocenters. The number of carbonyl (C=O) groups excluding carboxylic acids is 1. The molecule has 0 N–H and O–H groups in total. The predicted octanol–water partition coefficient (Wildman–Crippen LogP) is 3.94. The van der Waals surface area contributed by atoms with E-state index in [4.69, 9.17) is 9.47 Å². The Morgan fingerprint density at radius 2 is 1.90 bits per heavy atom. The predicted molar refractivity (Wildman–Crippen MR) is 82.8 cm³/mol. The van der Waals surface area contributed by atoms with Crippen LogP contribution in [-0.2, 0) is 4.79 Å². The lowest BCUT2D eigenvalue weighted by Crippen LogP contribution is -2.07. The van der Waals surface area contributed by atoms with E-state index in [0.717, 1.165) is 11.1 Å². The molecule has 108 valence electrons. The zero-order valence-electron chi connectivity index (χ0n) is 12.2. The summed E-state index contributed by atoms with van der Waals surface area (Å²) >= 11 is 0. The molecule has 3 nitrogen and oxygen atoms in total. The fourth-order valence-corrected chi connectivity index (χ4v) is 2.24. The van der Waals surface area contributed by atoms with Crippen LogP contribution in [0.25, 0.3) is 0 Å². The molecule has 3 heteroatoms. The first-order valence-corrected chi connectivity index (χ1v) is 6.69. The summed E-state index contributed by atoms with van der Waals surface area (Å²) in [4.78, 5) is 11.3. The molecular formula is C18H18O3. The number of esters is 1. The van der Waals surface area contributed by atoms with Gasteiger partial charge < -0.3 is 9.47 Å². The van der Waals surface area contributed by atoms with Gasteiger partial charge in [0.05, 0.1) is 7.11 Å². The van der Waals surface area contributed by atoms with Crippen molar-refractivity contribution in [3.8, 4) is 11.5 Å². The minimum atomic E-state index is -0.361. The van der Waals surface area contributed by atoms with E-state index in [-0.39, 0.29) is 11.9 Å². The maximum absolute atomic E-state index is 11.3. The van der Waals surface area contributed by atoms with Gasteiger partial charge in [-0.2, -0.15) is 0 Å². The van der Waals surface area contributed by atoms with Gasteiger partial charge in [-0.05, 0) is 11.6 Å². The molecule has 1 atom stereocenters. The van der Waals surface area contributed by atoms with E-state index in [2.05, 4.69) is 6.58 Å². The second-order valence-electron chi connectivity index (χ2n) is 4.62. The van der Waals surface area contributed by atoms with Gasteiger partial charge in [-0.25, -0.2) is 0 Å². The third kappa shape index (κ3) is 3.51. The van der Waals surface area contributed by atoms with Crippen LogP contribution in [0, 0.1) is 0 Å². The Balaban J connectivity index is 2.49. The molecule has 0 aliphatic heterocycles. The van der Waals surface area contributed by atoms with E-state index in [1.165, 1.54) is 6.92 Å². The molecule has 0 aliphatic carbocycles. The average molecular weight is 282 g/mol. The lowest BCUT2D eigenvalue weighted by Gasteiger charge is -2.18. The van der Waals surface area contributed by atoms with E-state index in [0.29, 0.717) is 11.5 Å². The van der Waals surface area contributed by atoms with Gasteiger partial charge in [-0.1, -0.05) is 42.5 Å². The quantitative estimate of drug-likeness (QED) is 0.473. The third-order valence-electron chi connectivity index (χ3n) is 3.20. The Hall–Kier alpha value is -2.55. The van der Waals surface area contributed by atoms with Crippen molar-refractivity contribution in [2.75, 3.05) is 7.11 Å². The lowest BCUT2D eigenvalue weighted by atomic mass is 9.90. The van der Waals surface area contributed by atoms with E-state index in [9.17, 15) is 4.79 Å². The first-order chi connectivity index (χ1) is 10.2. The number of hydrogen-bond donors (Lipinski definition) is 0.